The van der Waals surface area contributed by atoms with Crippen LogP contribution in [0.5, 0.6) is 5.75 Å². The molecule has 0 bridgehead atoms. The number of rotatable bonds is 4. The van der Waals surface area contributed by atoms with Crippen LogP contribution in [0, 0.1) is 0 Å². The Bertz CT molecular complexity index is 1010. The Morgan fingerprint density at radius 1 is 1.07 bits per heavy atom. The zero-order valence-electron chi connectivity index (χ0n) is 13.8. The molecule has 0 aromatic heterocycles. The van der Waals surface area contributed by atoms with E-state index in [4.69, 9.17) is 28.6 Å². The lowest BCUT2D eigenvalue weighted by Gasteiger charge is -2.12. The average molecular weight is 529 g/mol. The number of halogens is 3. The van der Waals surface area contributed by atoms with Gasteiger partial charge in [0, 0.05) is 15.2 Å². The summed E-state index contributed by atoms with van der Waals surface area (Å²) in [5.74, 6) is 0.223. The maximum atomic E-state index is 12.1. The van der Waals surface area contributed by atoms with Crippen molar-refractivity contribution in [3.63, 3.8) is 0 Å². The van der Waals surface area contributed by atoms with E-state index >= 15 is 0 Å². The fourth-order valence-corrected chi connectivity index (χ4v) is 3.70. The lowest BCUT2D eigenvalue weighted by atomic mass is 10.1. The van der Waals surface area contributed by atoms with Crippen LogP contribution in [0.4, 0.5) is 5.69 Å². The normalized spacial score (nSPS) is 10.5. The van der Waals surface area contributed by atoms with E-state index in [-0.39, 0.29) is 17.6 Å². The van der Waals surface area contributed by atoms with Crippen LogP contribution < -0.4 is 15.4 Å². The van der Waals surface area contributed by atoms with Crippen LogP contribution in [0.15, 0.2) is 63.5 Å². The van der Waals surface area contributed by atoms with Crippen LogP contribution in [-0.2, 0) is 4.79 Å². The van der Waals surface area contributed by atoms with Crippen molar-refractivity contribution in [1.29, 1.82) is 0 Å². The fraction of sp³-hybridized carbons (Fsp3) is 0.0526. The van der Waals surface area contributed by atoms with Gasteiger partial charge in [0.2, 0.25) is 0 Å². The molecule has 0 unspecified atom stereocenters. The van der Waals surface area contributed by atoms with Gasteiger partial charge < -0.3 is 10.1 Å². The predicted octanol–water partition coefficient (Wildman–Crippen LogP) is 5.91. The highest BCUT2D eigenvalue weighted by molar-refractivity contribution is 9.11. The topological polar surface area (TPSA) is 50.4 Å². The van der Waals surface area contributed by atoms with Crippen molar-refractivity contribution in [2.24, 2.45) is 0 Å². The minimum atomic E-state index is -0.357. The number of thiocarbonyl (C=S) groups is 1. The molecule has 0 aliphatic rings. The molecule has 8 heteroatoms. The van der Waals surface area contributed by atoms with Crippen LogP contribution in [0.25, 0.3) is 10.8 Å². The van der Waals surface area contributed by atoms with Gasteiger partial charge in [-0.3, -0.25) is 10.1 Å². The number of nitrogens with one attached hydrogen (secondary N) is 2. The van der Waals surface area contributed by atoms with Crippen LogP contribution in [0.1, 0.15) is 0 Å². The Balaban J connectivity index is 1.58. The molecule has 0 spiro atoms. The van der Waals surface area contributed by atoms with Crippen molar-refractivity contribution in [3.05, 3.63) is 68.6 Å². The van der Waals surface area contributed by atoms with E-state index in [2.05, 4.69) is 42.5 Å². The molecular weight excluding hydrogens is 516 g/mol. The molecule has 3 aromatic rings. The number of carbonyl (C=O) groups excluding carboxylic acids is 1. The third kappa shape index (κ3) is 5.42. The number of ether oxygens (including phenoxy) is 1. The fourth-order valence-electron chi connectivity index (χ4n) is 2.36. The molecule has 0 atom stereocenters. The molecule has 0 aliphatic carbocycles. The molecule has 27 heavy (non-hydrogen) atoms. The molecular formula is C19H13Br2ClN2O2S. The smallest absolute Gasteiger partial charge is 0.264 e. The summed E-state index contributed by atoms with van der Waals surface area (Å²) in [6.07, 6.45) is 0. The van der Waals surface area contributed by atoms with Gasteiger partial charge in [-0.2, -0.15) is 0 Å². The summed E-state index contributed by atoms with van der Waals surface area (Å²) in [5.41, 5.74) is 0.731. The largest absolute Gasteiger partial charge is 0.483 e. The zero-order valence-corrected chi connectivity index (χ0v) is 18.5. The zero-order chi connectivity index (χ0) is 19.4. The minimum Gasteiger partial charge on any atom is -0.483 e. The summed E-state index contributed by atoms with van der Waals surface area (Å²) >= 11 is 18.0. The van der Waals surface area contributed by atoms with Gasteiger partial charge in [-0.05, 0) is 81.4 Å². The summed E-state index contributed by atoms with van der Waals surface area (Å²) in [5, 5.41) is 8.35. The van der Waals surface area contributed by atoms with Crippen molar-refractivity contribution < 1.29 is 9.53 Å². The second kappa shape index (κ2) is 9.01. The number of anilines is 1. The maximum absolute atomic E-state index is 12.1. The molecule has 0 heterocycles. The number of carbonyl (C=O) groups is 1. The Labute approximate surface area is 183 Å². The highest BCUT2D eigenvalue weighted by Crippen LogP contribution is 2.34. The molecule has 138 valence electrons. The third-order valence-corrected chi connectivity index (χ3v) is 5.36. The number of benzene rings is 3. The van der Waals surface area contributed by atoms with Crippen LogP contribution >= 0.6 is 55.7 Å². The van der Waals surface area contributed by atoms with Gasteiger partial charge in [0.15, 0.2) is 11.7 Å². The number of hydrogen-bond acceptors (Lipinski definition) is 3. The first-order chi connectivity index (χ1) is 12.9. The molecule has 0 radical (unpaired) electrons. The average Bonchev–Trinajstić information content (AvgIpc) is 2.63. The molecule has 0 aliphatic heterocycles. The van der Waals surface area contributed by atoms with Gasteiger partial charge >= 0.3 is 0 Å². The molecule has 2 N–H and O–H groups in total. The molecule has 0 fully saturated rings. The van der Waals surface area contributed by atoms with Crippen molar-refractivity contribution >= 4 is 83.2 Å². The number of amides is 1. The summed E-state index contributed by atoms with van der Waals surface area (Å²) in [7, 11) is 0. The van der Waals surface area contributed by atoms with Gasteiger partial charge in [-0.15, -0.1) is 0 Å². The van der Waals surface area contributed by atoms with E-state index < -0.39 is 0 Å². The quantitative estimate of drug-likeness (QED) is 0.414. The van der Waals surface area contributed by atoms with Crippen molar-refractivity contribution in [1.82, 2.24) is 5.32 Å². The predicted molar refractivity (Wildman–Crippen MR) is 121 cm³/mol. The van der Waals surface area contributed by atoms with E-state index in [1.807, 2.05) is 30.3 Å². The summed E-state index contributed by atoms with van der Waals surface area (Å²) in [6.45, 7) is -0.164. The van der Waals surface area contributed by atoms with Crippen molar-refractivity contribution in [2.75, 3.05) is 11.9 Å². The Hall–Kier alpha value is -1.67. The van der Waals surface area contributed by atoms with Gasteiger partial charge in [0.1, 0.15) is 5.75 Å². The Kier molecular flexibility index (Phi) is 6.70. The minimum absolute atomic E-state index is 0.164. The first kappa shape index (κ1) is 20.1. The van der Waals surface area contributed by atoms with Crippen molar-refractivity contribution in [2.45, 2.75) is 0 Å². The second-order valence-electron chi connectivity index (χ2n) is 5.54. The van der Waals surface area contributed by atoms with Crippen LogP contribution in [0.3, 0.4) is 0 Å². The van der Waals surface area contributed by atoms with Crippen LogP contribution in [0.2, 0.25) is 5.02 Å². The molecule has 0 saturated heterocycles. The van der Waals surface area contributed by atoms with Gasteiger partial charge in [0.05, 0.1) is 4.47 Å². The standard InChI is InChI=1S/C19H13Br2ClN2O2S/c20-12-2-7-15-11(9-12)1-8-16(18(15)21)26-10-17(25)24-19(27)23-14-5-3-13(22)4-6-14/h1-9H,10H2,(H2,23,24,25,27). The van der Waals surface area contributed by atoms with E-state index in [0.29, 0.717) is 10.8 Å². The number of hydrogen-bond donors (Lipinski definition) is 2. The summed E-state index contributed by atoms with van der Waals surface area (Å²) in [4.78, 5) is 12.1. The first-order valence-corrected chi connectivity index (χ1v) is 10.2. The van der Waals surface area contributed by atoms with Gasteiger partial charge in [-0.1, -0.05) is 39.7 Å². The first-order valence-electron chi connectivity index (χ1n) is 7.79. The summed E-state index contributed by atoms with van der Waals surface area (Å²) < 4.78 is 7.42. The van der Waals surface area contributed by atoms with E-state index in [0.717, 1.165) is 25.4 Å². The monoisotopic (exact) mass is 526 g/mol. The highest BCUT2D eigenvalue weighted by atomic mass is 79.9. The van der Waals surface area contributed by atoms with Crippen LogP contribution in [-0.4, -0.2) is 17.6 Å². The van der Waals surface area contributed by atoms with Gasteiger partial charge in [-0.25, -0.2) is 0 Å². The Morgan fingerprint density at radius 2 is 1.81 bits per heavy atom. The maximum Gasteiger partial charge on any atom is 0.264 e. The van der Waals surface area contributed by atoms with Crippen molar-refractivity contribution in [3.8, 4) is 5.75 Å². The molecule has 3 aromatic carbocycles. The third-order valence-electron chi connectivity index (χ3n) is 3.59. The SMILES string of the molecule is O=C(COc1ccc2cc(Br)ccc2c1Br)NC(=S)Nc1ccc(Cl)cc1. The van der Waals surface area contributed by atoms with E-state index in [1.54, 1.807) is 24.3 Å². The molecule has 3 rings (SSSR count). The Morgan fingerprint density at radius 3 is 2.56 bits per heavy atom. The van der Waals surface area contributed by atoms with E-state index in [1.165, 1.54) is 0 Å². The second-order valence-corrected chi connectivity index (χ2v) is 8.09. The molecule has 0 saturated carbocycles. The van der Waals surface area contributed by atoms with Gasteiger partial charge in [0.25, 0.3) is 5.91 Å². The van der Waals surface area contributed by atoms with E-state index in [9.17, 15) is 4.79 Å². The lowest BCUT2D eigenvalue weighted by molar-refractivity contribution is -0.121. The lowest BCUT2D eigenvalue weighted by Crippen LogP contribution is -2.37. The molecule has 4 nitrogen and oxygen atoms in total. The molecule has 1 amide bonds. The number of fused-ring (bicyclic) bond motifs is 1. The summed E-state index contributed by atoms with van der Waals surface area (Å²) in [6, 6.07) is 16.7. The highest BCUT2D eigenvalue weighted by Gasteiger charge is 2.10.